The lowest BCUT2D eigenvalue weighted by atomic mass is 10.2. The fraction of sp³-hybridized carbons (Fsp3) is 0.0714. The number of nitrogens with one attached hydrogen (secondary N) is 1. The van der Waals surface area contributed by atoms with Crippen LogP contribution in [0.15, 0.2) is 46.9 Å². The van der Waals surface area contributed by atoms with E-state index in [4.69, 9.17) is 11.6 Å². The van der Waals surface area contributed by atoms with Gasteiger partial charge in [0.25, 0.3) is 11.6 Å². The number of benzene rings is 2. The summed E-state index contributed by atoms with van der Waals surface area (Å²) < 4.78 is 0.632. The molecule has 0 bridgehead atoms. The van der Waals surface area contributed by atoms with E-state index in [1.807, 2.05) is 0 Å². The van der Waals surface area contributed by atoms with Crippen LogP contribution in [0.4, 0.5) is 5.69 Å². The first-order valence-corrected chi connectivity index (χ1v) is 7.11. The number of nitro benzene ring substituents is 1. The van der Waals surface area contributed by atoms with Crippen LogP contribution in [0, 0.1) is 10.1 Å². The summed E-state index contributed by atoms with van der Waals surface area (Å²) in [6.07, 6.45) is 0. The maximum Gasteiger partial charge on any atom is 0.269 e. The topological polar surface area (TPSA) is 72.2 Å². The molecule has 0 radical (unpaired) electrons. The first-order chi connectivity index (χ1) is 9.99. The van der Waals surface area contributed by atoms with Crippen LogP contribution in [-0.2, 0) is 6.54 Å². The lowest BCUT2D eigenvalue weighted by molar-refractivity contribution is -0.384. The molecule has 108 valence electrons. The molecular weight excluding hydrogens is 360 g/mol. The molecule has 0 aliphatic carbocycles. The quantitative estimate of drug-likeness (QED) is 0.655. The number of hydrogen-bond donors (Lipinski definition) is 1. The van der Waals surface area contributed by atoms with Crippen LogP contribution in [0.25, 0.3) is 0 Å². The van der Waals surface area contributed by atoms with E-state index in [-0.39, 0.29) is 18.1 Å². The Morgan fingerprint density at radius 3 is 2.71 bits per heavy atom. The van der Waals surface area contributed by atoms with E-state index < -0.39 is 4.92 Å². The molecule has 0 aliphatic rings. The average molecular weight is 370 g/mol. The zero-order valence-corrected chi connectivity index (χ0v) is 13.0. The Labute approximate surface area is 134 Å². The average Bonchev–Trinajstić information content (AvgIpc) is 2.48. The highest BCUT2D eigenvalue weighted by atomic mass is 79.9. The van der Waals surface area contributed by atoms with Crippen LogP contribution < -0.4 is 5.32 Å². The van der Waals surface area contributed by atoms with Crippen molar-refractivity contribution in [2.24, 2.45) is 0 Å². The number of non-ortho nitro benzene ring substituents is 1. The van der Waals surface area contributed by atoms with E-state index in [2.05, 4.69) is 21.2 Å². The molecule has 0 fully saturated rings. The summed E-state index contributed by atoms with van der Waals surface area (Å²) in [4.78, 5) is 22.3. The van der Waals surface area contributed by atoms with Crippen molar-refractivity contribution in [2.75, 3.05) is 0 Å². The van der Waals surface area contributed by atoms with Gasteiger partial charge in [0, 0.05) is 23.2 Å². The van der Waals surface area contributed by atoms with Gasteiger partial charge in [0.1, 0.15) is 0 Å². The Balaban J connectivity index is 2.09. The van der Waals surface area contributed by atoms with Crippen molar-refractivity contribution in [3.05, 3.63) is 73.2 Å². The number of carbonyl (C=O) groups is 1. The van der Waals surface area contributed by atoms with Crippen LogP contribution in [0.5, 0.6) is 0 Å². The van der Waals surface area contributed by atoms with Crippen molar-refractivity contribution >= 4 is 39.1 Å². The van der Waals surface area contributed by atoms with Crippen LogP contribution in [0.1, 0.15) is 15.9 Å². The molecule has 0 saturated carbocycles. The molecule has 2 rings (SSSR count). The van der Waals surface area contributed by atoms with Crippen molar-refractivity contribution in [1.29, 1.82) is 0 Å². The molecule has 0 atom stereocenters. The van der Waals surface area contributed by atoms with Crippen LogP contribution in [0.3, 0.4) is 0 Å². The summed E-state index contributed by atoms with van der Waals surface area (Å²) in [5, 5.41) is 13.7. The molecule has 0 heterocycles. The molecule has 0 spiro atoms. The third kappa shape index (κ3) is 3.80. The van der Waals surface area contributed by atoms with E-state index in [9.17, 15) is 14.9 Å². The highest BCUT2D eigenvalue weighted by molar-refractivity contribution is 9.10. The summed E-state index contributed by atoms with van der Waals surface area (Å²) in [5.74, 6) is -0.340. The molecule has 1 N–H and O–H groups in total. The molecule has 7 heteroatoms. The van der Waals surface area contributed by atoms with Crippen molar-refractivity contribution in [1.82, 2.24) is 5.32 Å². The fourth-order valence-corrected chi connectivity index (χ4v) is 2.31. The minimum absolute atomic E-state index is 0.0118. The first-order valence-electron chi connectivity index (χ1n) is 5.94. The predicted octanol–water partition coefficient (Wildman–Crippen LogP) is 3.94. The van der Waals surface area contributed by atoms with Gasteiger partial charge in [-0.3, -0.25) is 14.9 Å². The van der Waals surface area contributed by atoms with Crippen LogP contribution in [0.2, 0.25) is 5.02 Å². The Bertz CT molecular complexity index is 706. The summed E-state index contributed by atoms with van der Waals surface area (Å²) in [6, 6.07) is 11.1. The Morgan fingerprint density at radius 2 is 2.00 bits per heavy atom. The third-order valence-corrected chi connectivity index (χ3v) is 4.07. The van der Waals surface area contributed by atoms with Crippen molar-refractivity contribution < 1.29 is 9.72 Å². The van der Waals surface area contributed by atoms with Crippen LogP contribution in [-0.4, -0.2) is 10.8 Å². The minimum Gasteiger partial charge on any atom is -0.348 e. The third-order valence-electron chi connectivity index (χ3n) is 2.77. The zero-order chi connectivity index (χ0) is 15.4. The fourth-order valence-electron chi connectivity index (χ4n) is 1.74. The van der Waals surface area contributed by atoms with Gasteiger partial charge in [-0.1, -0.05) is 29.8 Å². The summed E-state index contributed by atoms with van der Waals surface area (Å²) in [7, 11) is 0. The Hall–Kier alpha value is -1.92. The normalized spacial score (nSPS) is 10.2. The van der Waals surface area contributed by atoms with Crippen molar-refractivity contribution in [3.8, 4) is 0 Å². The lowest BCUT2D eigenvalue weighted by Crippen LogP contribution is -2.23. The standard InChI is InChI=1S/C14H10BrClN2O3/c15-12-6-2-5-11(13(12)16)14(19)17-8-9-3-1-4-10(7-9)18(20)21/h1-7H,8H2,(H,17,19). The van der Waals surface area contributed by atoms with E-state index in [0.717, 1.165) is 0 Å². The Kier molecular flexibility index (Phi) is 4.93. The summed E-state index contributed by atoms with van der Waals surface area (Å²) in [5.41, 5.74) is 0.974. The van der Waals surface area contributed by atoms with Crippen LogP contribution >= 0.6 is 27.5 Å². The zero-order valence-electron chi connectivity index (χ0n) is 10.7. The van der Waals surface area contributed by atoms with Gasteiger partial charge in [-0.15, -0.1) is 0 Å². The van der Waals surface area contributed by atoms with Crippen molar-refractivity contribution in [2.45, 2.75) is 6.54 Å². The molecule has 5 nitrogen and oxygen atoms in total. The van der Waals surface area contributed by atoms with Crippen molar-refractivity contribution in [3.63, 3.8) is 0 Å². The first kappa shape index (κ1) is 15.5. The molecule has 0 aliphatic heterocycles. The second kappa shape index (κ2) is 6.69. The number of carbonyl (C=O) groups excluding carboxylic acids is 1. The highest BCUT2D eigenvalue weighted by Crippen LogP contribution is 2.25. The molecule has 2 aromatic rings. The predicted molar refractivity (Wildman–Crippen MR) is 83.4 cm³/mol. The van der Waals surface area contributed by atoms with Gasteiger partial charge in [0.2, 0.25) is 0 Å². The monoisotopic (exact) mass is 368 g/mol. The number of nitro groups is 1. The van der Waals surface area contributed by atoms with E-state index in [1.165, 1.54) is 12.1 Å². The van der Waals surface area contributed by atoms with Gasteiger partial charge in [-0.2, -0.15) is 0 Å². The minimum atomic E-state index is -0.476. The van der Waals surface area contributed by atoms with E-state index >= 15 is 0 Å². The number of rotatable bonds is 4. The molecule has 1 amide bonds. The molecule has 0 saturated heterocycles. The summed E-state index contributed by atoms with van der Waals surface area (Å²) in [6.45, 7) is 0.184. The van der Waals surface area contributed by atoms with Gasteiger partial charge < -0.3 is 5.32 Å². The smallest absolute Gasteiger partial charge is 0.269 e. The second-order valence-corrected chi connectivity index (χ2v) is 5.44. The summed E-state index contributed by atoms with van der Waals surface area (Å²) >= 11 is 9.29. The highest BCUT2D eigenvalue weighted by Gasteiger charge is 2.12. The maximum absolute atomic E-state index is 12.1. The van der Waals surface area contributed by atoms with Gasteiger partial charge >= 0.3 is 0 Å². The van der Waals surface area contributed by atoms with Gasteiger partial charge in [0.05, 0.1) is 15.5 Å². The maximum atomic E-state index is 12.1. The molecule has 21 heavy (non-hydrogen) atoms. The molecule has 2 aromatic carbocycles. The second-order valence-electron chi connectivity index (χ2n) is 4.21. The van der Waals surface area contributed by atoms with E-state index in [0.29, 0.717) is 20.6 Å². The molecule has 0 unspecified atom stereocenters. The van der Waals surface area contributed by atoms with Gasteiger partial charge in [-0.05, 0) is 33.6 Å². The SMILES string of the molecule is O=C(NCc1cccc([N+](=O)[O-])c1)c1cccc(Br)c1Cl. The number of hydrogen-bond acceptors (Lipinski definition) is 3. The lowest BCUT2D eigenvalue weighted by Gasteiger charge is -2.07. The largest absolute Gasteiger partial charge is 0.348 e. The van der Waals surface area contributed by atoms with Gasteiger partial charge in [0.15, 0.2) is 0 Å². The number of nitrogens with zero attached hydrogens (tertiary/aromatic N) is 1. The molecule has 0 aromatic heterocycles. The molecular formula is C14H10BrClN2O3. The Morgan fingerprint density at radius 1 is 1.29 bits per heavy atom. The van der Waals surface area contributed by atoms with E-state index in [1.54, 1.807) is 30.3 Å². The number of halogens is 2. The number of amides is 1. The van der Waals surface area contributed by atoms with Gasteiger partial charge in [-0.25, -0.2) is 0 Å².